The second kappa shape index (κ2) is 5.00. The lowest BCUT2D eigenvalue weighted by Gasteiger charge is -2.09. The second-order valence-corrected chi connectivity index (χ2v) is 6.27. The fourth-order valence-corrected chi connectivity index (χ4v) is 3.27. The van der Waals surface area contributed by atoms with E-state index < -0.39 is 10.0 Å². The van der Waals surface area contributed by atoms with Crippen molar-refractivity contribution < 1.29 is 8.42 Å². The summed E-state index contributed by atoms with van der Waals surface area (Å²) in [6, 6.07) is 3.73. The van der Waals surface area contributed by atoms with Crippen LogP contribution in [-0.2, 0) is 10.0 Å². The summed E-state index contributed by atoms with van der Waals surface area (Å²) in [4.78, 5) is 0.333. The van der Waals surface area contributed by atoms with E-state index in [0.717, 1.165) is 16.7 Å². The van der Waals surface area contributed by atoms with E-state index in [4.69, 9.17) is 0 Å². The molecule has 0 saturated carbocycles. The Hall–Kier alpha value is -1.16. The maximum atomic E-state index is 12.1. The number of benzene rings is 1. The molecule has 4 heteroatoms. The molecule has 0 heterocycles. The van der Waals surface area contributed by atoms with Crippen molar-refractivity contribution >= 4 is 16.2 Å². The number of rotatable bonds is 3. The number of hydrogen-bond donors (Lipinski definition) is 0. The molecule has 0 aliphatic rings. The number of hydrogen-bond acceptors (Lipinski definition) is 2. The van der Waals surface area contributed by atoms with Gasteiger partial charge in [0.05, 0.1) is 4.90 Å². The highest BCUT2D eigenvalue weighted by molar-refractivity contribution is 7.90. The van der Waals surface area contributed by atoms with Crippen LogP contribution in [0.5, 0.6) is 0 Å². The predicted octanol–water partition coefficient (Wildman–Crippen LogP) is 3.03. The van der Waals surface area contributed by atoms with E-state index in [1.807, 2.05) is 32.9 Å². The summed E-state index contributed by atoms with van der Waals surface area (Å²) in [5.41, 5.74) is 2.57. The van der Waals surface area contributed by atoms with Crippen molar-refractivity contribution in [3.8, 4) is 0 Å². The Labute approximate surface area is 104 Å². The number of nitrogens with zero attached hydrogens (tertiary/aromatic N) is 1. The molecule has 0 radical (unpaired) electrons. The van der Waals surface area contributed by atoms with E-state index in [9.17, 15) is 8.42 Å². The monoisotopic (exact) mass is 253 g/mol. The minimum atomic E-state index is -3.56. The van der Waals surface area contributed by atoms with Gasteiger partial charge in [0.25, 0.3) is 10.0 Å². The van der Waals surface area contributed by atoms with Crippen molar-refractivity contribution in [3.63, 3.8) is 0 Å². The largest absolute Gasteiger partial charge is 0.282 e. The Kier molecular flexibility index (Phi) is 4.09. The van der Waals surface area contributed by atoms with Crippen LogP contribution in [0, 0.1) is 26.7 Å². The average molecular weight is 253 g/mol. The first-order chi connectivity index (χ1) is 7.74. The molecule has 94 valence electrons. The Balaban J connectivity index is 3.35. The van der Waals surface area contributed by atoms with Gasteiger partial charge in [-0.3, -0.25) is 0 Å². The average Bonchev–Trinajstić information content (AvgIpc) is 2.12. The van der Waals surface area contributed by atoms with Gasteiger partial charge in [-0.15, -0.1) is 0 Å². The van der Waals surface area contributed by atoms with Crippen LogP contribution in [0.25, 0.3) is 0 Å². The molecular weight excluding hydrogens is 234 g/mol. The van der Waals surface area contributed by atoms with Gasteiger partial charge < -0.3 is 0 Å². The molecule has 1 aromatic carbocycles. The van der Waals surface area contributed by atoms with Crippen molar-refractivity contribution in [1.29, 1.82) is 0 Å². The Morgan fingerprint density at radius 2 is 1.59 bits per heavy atom. The second-order valence-electron chi connectivity index (χ2n) is 4.70. The van der Waals surface area contributed by atoms with Gasteiger partial charge in [0.2, 0.25) is 0 Å². The topological polar surface area (TPSA) is 46.5 Å². The van der Waals surface area contributed by atoms with Crippen LogP contribution in [0.2, 0.25) is 0 Å². The van der Waals surface area contributed by atoms with Gasteiger partial charge in [-0.2, -0.15) is 12.8 Å². The van der Waals surface area contributed by atoms with E-state index >= 15 is 0 Å². The van der Waals surface area contributed by atoms with Gasteiger partial charge in [0, 0.05) is 6.21 Å². The summed E-state index contributed by atoms with van der Waals surface area (Å²) < 4.78 is 27.9. The van der Waals surface area contributed by atoms with Gasteiger partial charge in [-0.05, 0) is 37.8 Å². The SMILES string of the molecule is Cc1cc(C)c(S(=O)(=O)/N=C/C(C)C)c(C)c1. The van der Waals surface area contributed by atoms with Crippen LogP contribution < -0.4 is 0 Å². The standard InChI is InChI=1S/C13H19NO2S/c1-9(2)8-14-17(15,16)13-11(4)6-10(3)7-12(13)5/h6-9H,1-5H3/b14-8+. The maximum absolute atomic E-state index is 12.1. The Morgan fingerprint density at radius 1 is 1.12 bits per heavy atom. The lowest BCUT2D eigenvalue weighted by Crippen LogP contribution is -2.04. The minimum Gasteiger partial charge on any atom is -0.199 e. The quantitative estimate of drug-likeness (QED) is 0.777. The van der Waals surface area contributed by atoms with Gasteiger partial charge in [0.1, 0.15) is 0 Å². The van der Waals surface area contributed by atoms with Crippen molar-refractivity contribution in [3.05, 3.63) is 28.8 Å². The number of sulfonamides is 1. The maximum Gasteiger partial charge on any atom is 0.282 e. The molecule has 0 aliphatic heterocycles. The van der Waals surface area contributed by atoms with E-state index in [1.165, 1.54) is 6.21 Å². The first-order valence-corrected chi connectivity index (χ1v) is 7.06. The first kappa shape index (κ1) is 13.9. The third-order valence-corrected chi connectivity index (χ3v) is 3.92. The molecule has 3 nitrogen and oxygen atoms in total. The zero-order valence-corrected chi connectivity index (χ0v) is 11.8. The fraction of sp³-hybridized carbons (Fsp3) is 0.462. The smallest absolute Gasteiger partial charge is 0.199 e. The molecule has 0 unspecified atom stereocenters. The summed E-state index contributed by atoms with van der Waals surface area (Å²) in [5.74, 6) is 0.121. The molecule has 0 saturated heterocycles. The highest BCUT2D eigenvalue weighted by Gasteiger charge is 2.18. The summed E-state index contributed by atoms with van der Waals surface area (Å²) in [6.45, 7) is 9.35. The van der Waals surface area contributed by atoms with E-state index in [1.54, 1.807) is 13.8 Å². The van der Waals surface area contributed by atoms with Crippen LogP contribution in [0.1, 0.15) is 30.5 Å². The van der Waals surface area contributed by atoms with Crippen molar-refractivity contribution in [2.24, 2.45) is 10.3 Å². The third kappa shape index (κ3) is 3.40. The molecule has 0 fully saturated rings. The molecule has 0 aliphatic carbocycles. The predicted molar refractivity (Wildman–Crippen MR) is 71.2 cm³/mol. The van der Waals surface area contributed by atoms with Crippen LogP contribution in [-0.4, -0.2) is 14.6 Å². The Morgan fingerprint density at radius 3 is 2.00 bits per heavy atom. The summed E-state index contributed by atoms with van der Waals surface area (Å²) in [5, 5.41) is 0. The highest BCUT2D eigenvalue weighted by Crippen LogP contribution is 2.23. The molecule has 0 spiro atoms. The lowest BCUT2D eigenvalue weighted by molar-refractivity contribution is 0.596. The highest BCUT2D eigenvalue weighted by atomic mass is 32.2. The van der Waals surface area contributed by atoms with E-state index in [0.29, 0.717) is 4.90 Å². The minimum absolute atomic E-state index is 0.121. The van der Waals surface area contributed by atoms with E-state index in [-0.39, 0.29) is 5.92 Å². The summed E-state index contributed by atoms with van der Waals surface area (Å²) in [6.07, 6.45) is 1.47. The first-order valence-electron chi connectivity index (χ1n) is 5.62. The van der Waals surface area contributed by atoms with Crippen LogP contribution in [0.4, 0.5) is 0 Å². The molecule has 0 atom stereocenters. The molecule has 0 N–H and O–H groups in total. The molecule has 17 heavy (non-hydrogen) atoms. The molecular formula is C13H19NO2S. The van der Waals surface area contributed by atoms with Crippen LogP contribution in [0.3, 0.4) is 0 Å². The fourth-order valence-electron chi connectivity index (χ4n) is 1.83. The number of aryl methyl sites for hydroxylation is 3. The zero-order valence-electron chi connectivity index (χ0n) is 11.0. The zero-order chi connectivity index (χ0) is 13.2. The van der Waals surface area contributed by atoms with Crippen molar-refractivity contribution in [2.45, 2.75) is 39.5 Å². The van der Waals surface area contributed by atoms with Gasteiger partial charge in [-0.1, -0.05) is 31.5 Å². The normalized spacial score (nSPS) is 12.6. The van der Waals surface area contributed by atoms with Crippen molar-refractivity contribution in [1.82, 2.24) is 0 Å². The lowest BCUT2D eigenvalue weighted by atomic mass is 10.1. The van der Waals surface area contributed by atoms with E-state index in [2.05, 4.69) is 4.40 Å². The van der Waals surface area contributed by atoms with Gasteiger partial charge in [-0.25, -0.2) is 0 Å². The van der Waals surface area contributed by atoms with Crippen LogP contribution in [0.15, 0.2) is 21.4 Å². The van der Waals surface area contributed by atoms with Crippen LogP contribution >= 0.6 is 0 Å². The molecule has 0 bridgehead atoms. The molecule has 1 rings (SSSR count). The third-order valence-electron chi connectivity index (χ3n) is 2.36. The summed E-state index contributed by atoms with van der Waals surface area (Å²) in [7, 11) is -3.56. The van der Waals surface area contributed by atoms with Crippen molar-refractivity contribution in [2.75, 3.05) is 0 Å². The Bertz CT molecular complexity index is 520. The molecule has 0 aromatic heterocycles. The molecule has 0 amide bonds. The summed E-state index contributed by atoms with van der Waals surface area (Å²) >= 11 is 0. The molecule has 1 aromatic rings. The van der Waals surface area contributed by atoms with Gasteiger partial charge in [0.15, 0.2) is 0 Å². The van der Waals surface area contributed by atoms with Gasteiger partial charge >= 0.3 is 0 Å².